The van der Waals surface area contributed by atoms with Crippen LogP contribution in [0, 0.1) is 5.82 Å². The van der Waals surface area contributed by atoms with E-state index in [9.17, 15) is 9.18 Å². The van der Waals surface area contributed by atoms with E-state index < -0.39 is 0 Å². The Labute approximate surface area is 136 Å². The third kappa shape index (κ3) is 3.30. The quantitative estimate of drug-likeness (QED) is 0.780. The van der Waals surface area contributed by atoms with Gasteiger partial charge in [-0.2, -0.15) is 9.61 Å². The third-order valence-corrected chi connectivity index (χ3v) is 4.66. The maximum absolute atomic E-state index is 13.8. The summed E-state index contributed by atoms with van der Waals surface area (Å²) in [7, 11) is 0. The number of benzene rings is 1. The Bertz CT molecular complexity index is 889. The zero-order valence-electron chi connectivity index (χ0n) is 12.9. The summed E-state index contributed by atoms with van der Waals surface area (Å²) in [5.74, 6) is -0.244. The SMILES string of the molecule is CCc1nn2c(=O)cc(CN[C@H](C)c3ccccc3F)nc2s1. The molecule has 0 aliphatic rings. The Kier molecular flexibility index (Phi) is 4.49. The van der Waals surface area contributed by atoms with Crippen molar-refractivity contribution < 1.29 is 4.39 Å². The predicted molar refractivity (Wildman–Crippen MR) is 88.2 cm³/mol. The van der Waals surface area contributed by atoms with Crippen LogP contribution in [0.2, 0.25) is 0 Å². The van der Waals surface area contributed by atoms with Gasteiger partial charge in [0.15, 0.2) is 0 Å². The van der Waals surface area contributed by atoms with Crippen LogP contribution in [0.15, 0.2) is 35.1 Å². The van der Waals surface area contributed by atoms with Gasteiger partial charge in [-0.25, -0.2) is 9.37 Å². The molecule has 120 valence electrons. The van der Waals surface area contributed by atoms with E-state index in [0.29, 0.717) is 22.8 Å². The molecule has 23 heavy (non-hydrogen) atoms. The van der Waals surface area contributed by atoms with Gasteiger partial charge < -0.3 is 5.32 Å². The summed E-state index contributed by atoms with van der Waals surface area (Å²) in [6.07, 6.45) is 0.769. The molecule has 0 aliphatic carbocycles. The minimum atomic E-state index is -0.244. The zero-order valence-corrected chi connectivity index (χ0v) is 13.7. The molecule has 0 bridgehead atoms. The van der Waals surface area contributed by atoms with Crippen molar-refractivity contribution in [2.75, 3.05) is 0 Å². The van der Waals surface area contributed by atoms with Crippen LogP contribution in [0.1, 0.15) is 36.2 Å². The fourth-order valence-corrected chi connectivity index (χ4v) is 3.18. The van der Waals surface area contributed by atoms with Gasteiger partial charge >= 0.3 is 0 Å². The van der Waals surface area contributed by atoms with Crippen LogP contribution in [-0.2, 0) is 13.0 Å². The van der Waals surface area contributed by atoms with Gasteiger partial charge in [0.25, 0.3) is 5.56 Å². The number of halogens is 1. The van der Waals surface area contributed by atoms with E-state index in [1.165, 1.54) is 28.0 Å². The standard InChI is InChI=1S/C16H17FN4OS/c1-3-14-20-21-15(22)8-11(19-16(21)23-14)9-18-10(2)12-6-4-5-7-13(12)17/h4-8,10,18H,3,9H2,1-2H3/t10-/m1/s1. The highest BCUT2D eigenvalue weighted by atomic mass is 32.1. The van der Waals surface area contributed by atoms with Gasteiger partial charge in [-0.3, -0.25) is 4.79 Å². The van der Waals surface area contributed by atoms with Crippen LogP contribution >= 0.6 is 11.3 Å². The van der Waals surface area contributed by atoms with Gasteiger partial charge in [0.05, 0.1) is 5.69 Å². The van der Waals surface area contributed by atoms with Crippen molar-refractivity contribution in [1.29, 1.82) is 0 Å². The normalized spacial score (nSPS) is 12.7. The average molecular weight is 332 g/mol. The van der Waals surface area contributed by atoms with E-state index in [4.69, 9.17) is 0 Å². The largest absolute Gasteiger partial charge is 0.304 e. The Morgan fingerprint density at radius 1 is 1.39 bits per heavy atom. The average Bonchev–Trinajstić information content (AvgIpc) is 2.97. The molecule has 0 amide bonds. The molecule has 3 rings (SSSR count). The first kappa shape index (κ1) is 15.8. The van der Waals surface area contributed by atoms with E-state index in [2.05, 4.69) is 15.4 Å². The van der Waals surface area contributed by atoms with Crippen molar-refractivity contribution in [3.63, 3.8) is 0 Å². The van der Waals surface area contributed by atoms with Crippen molar-refractivity contribution in [2.45, 2.75) is 32.9 Å². The van der Waals surface area contributed by atoms with E-state index in [1.54, 1.807) is 18.2 Å². The lowest BCUT2D eigenvalue weighted by Gasteiger charge is -2.14. The van der Waals surface area contributed by atoms with E-state index in [-0.39, 0.29) is 17.4 Å². The van der Waals surface area contributed by atoms with Crippen LogP contribution in [0.25, 0.3) is 4.96 Å². The van der Waals surface area contributed by atoms with Crippen molar-refractivity contribution in [3.8, 4) is 0 Å². The van der Waals surface area contributed by atoms with Gasteiger partial charge in [-0.15, -0.1) is 0 Å². The molecule has 1 aromatic carbocycles. The molecular formula is C16H17FN4OS. The maximum Gasteiger partial charge on any atom is 0.275 e. The van der Waals surface area contributed by atoms with Gasteiger partial charge in [0.2, 0.25) is 4.96 Å². The van der Waals surface area contributed by atoms with E-state index in [1.807, 2.05) is 13.8 Å². The van der Waals surface area contributed by atoms with Gasteiger partial charge in [0.1, 0.15) is 10.8 Å². The molecule has 0 unspecified atom stereocenters. The molecule has 0 aliphatic heterocycles. The summed E-state index contributed by atoms with van der Waals surface area (Å²) >= 11 is 1.41. The van der Waals surface area contributed by atoms with E-state index in [0.717, 1.165) is 11.4 Å². The molecule has 0 spiro atoms. The topological polar surface area (TPSA) is 59.3 Å². The van der Waals surface area contributed by atoms with E-state index >= 15 is 0 Å². The number of aryl methyl sites for hydroxylation is 1. The molecule has 1 atom stereocenters. The number of hydrogen-bond acceptors (Lipinski definition) is 5. The fraction of sp³-hybridized carbons (Fsp3) is 0.312. The first-order valence-electron chi connectivity index (χ1n) is 7.45. The zero-order chi connectivity index (χ0) is 16.4. The molecular weight excluding hydrogens is 315 g/mol. The molecule has 0 fully saturated rings. The first-order chi connectivity index (χ1) is 11.1. The highest BCUT2D eigenvalue weighted by Crippen LogP contribution is 2.17. The molecule has 2 aromatic heterocycles. The molecule has 5 nitrogen and oxygen atoms in total. The van der Waals surface area contributed by atoms with Crippen molar-refractivity contribution in [3.05, 3.63) is 62.8 Å². The van der Waals surface area contributed by atoms with Crippen molar-refractivity contribution in [1.82, 2.24) is 19.9 Å². The van der Waals surface area contributed by atoms with Crippen LogP contribution in [-0.4, -0.2) is 14.6 Å². The lowest BCUT2D eigenvalue weighted by molar-refractivity contribution is 0.524. The Morgan fingerprint density at radius 3 is 2.91 bits per heavy atom. The van der Waals surface area contributed by atoms with Crippen LogP contribution < -0.4 is 10.9 Å². The Morgan fingerprint density at radius 2 is 2.17 bits per heavy atom. The highest BCUT2D eigenvalue weighted by Gasteiger charge is 2.12. The fourth-order valence-electron chi connectivity index (χ4n) is 2.32. The lowest BCUT2D eigenvalue weighted by atomic mass is 10.1. The smallest absolute Gasteiger partial charge is 0.275 e. The summed E-state index contributed by atoms with van der Waals surface area (Å²) in [6, 6.07) is 7.94. The Balaban J connectivity index is 1.79. The number of aromatic nitrogens is 3. The number of hydrogen-bond donors (Lipinski definition) is 1. The first-order valence-corrected chi connectivity index (χ1v) is 8.26. The van der Waals surface area contributed by atoms with Crippen LogP contribution in [0.4, 0.5) is 4.39 Å². The summed E-state index contributed by atoms with van der Waals surface area (Å²) in [6.45, 7) is 4.26. The molecule has 0 saturated carbocycles. The summed E-state index contributed by atoms with van der Waals surface area (Å²) < 4.78 is 15.1. The number of rotatable bonds is 5. The summed E-state index contributed by atoms with van der Waals surface area (Å²) in [5, 5.41) is 8.29. The monoisotopic (exact) mass is 332 g/mol. The van der Waals surface area contributed by atoms with Crippen LogP contribution in [0.5, 0.6) is 0 Å². The number of fused-ring (bicyclic) bond motifs is 1. The van der Waals surface area contributed by atoms with Crippen molar-refractivity contribution >= 4 is 16.3 Å². The van der Waals surface area contributed by atoms with Gasteiger partial charge in [-0.05, 0) is 19.4 Å². The second-order valence-corrected chi connectivity index (χ2v) is 6.29. The number of nitrogens with zero attached hydrogens (tertiary/aromatic N) is 3. The van der Waals surface area contributed by atoms with Gasteiger partial charge in [0, 0.05) is 24.2 Å². The predicted octanol–water partition coefficient (Wildman–Crippen LogP) is 2.70. The lowest BCUT2D eigenvalue weighted by Crippen LogP contribution is -2.22. The molecule has 1 N–H and O–H groups in total. The molecule has 3 aromatic rings. The van der Waals surface area contributed by atoms with Gasteiger partial charge in [-0.1, -0.05) is 36.5 Å². The van der Waals surface area contributed by atoms with Crippen molar-refractivity contribution in [2.24, 2.45) is 0 Å². The molecule has 0 saturated heterocycles. The Hall–Kier alpha value is -2.12. The number of nitrogens with one attached hydrogen (secondary N) is 1. The summed E-state index contributed by atoms with van der Waals surface area (Å²) in [4.78, 5) is 17.1. The minimum Gasteiger partial charge on any atom is -0.304 e. The second kappa shape index (κ2) is 6.55. The highest BCUT2D eigenvalue weighted by molar-refractivity contribution is 7.16. The maximum atomic E-state index is 13.8. The molecule has 7 heteroatoms. The second-order valence-electron chi connectivity index (χ2n) is 5.25. The third-order valence-electron chi connectivity index (χ3n) is 3.60. The van der Waals surface area contributed by atoms with Crippen LogP contribution in [0.3, 0.4) is 0 Å². The molecule has 2 heterocycles. The minimum absolute atomic E-state index is 0.177. The summed E-state index contributed by atoms with van der Waals surface area (Å²) in [5.41, 5.74) is 1.03. The molecule has 0 radical (unpaired) electrons.